The number of halogens is 1. The standard InChI is InChI=1S/C21H26FN3O3.C6H8O7.2H2O/c1-2-27-20-11-17(23)7-8-19(20)21(26)24-12-18-14-25(9-10-28-18)13-15-3-5-16(22)6-4-15;7-3(8)1-6(13,5(11)12)2-4(9)10;;/h3-8,11,18H,2,9-10,12-14,23H2,1H3,(H,24,26);13H,1-2H2,(H,7,8)(H,9,10)(H,11,12);2*1H2. The van der Waals surface area contributed by atoms with E-state index < -0.39 is 36.4 Å². The van der Waals surface area contributed by atoms with Gasteiger partial charge in [-0.15, -0.1) is 0 Å². The summed E-state index contributed by atoms with van der Waals surface area (Å²) in [7, 11) is 0. The third-order valence-electron chi connectivity index (χ3n) is 5.87. The van der Waals surface area contributed by atoms with E-state index in [2.05, 4.69) is 10.2 Å². The highest BCUT2D eigenvalue weighted by Gasteiger charge is 2.40. The number of aliphatic carboxylic acids is 3. The molecular formula is C27H38FN3O12. The van der Waals surface area contributed by atoms with E-state index in [9.17, 15) is 23.6 Å². The van der Waals surface area contributed by atoms with E-state index in [1.165, 1.54) is 12.1 Å². The number of rotatable bonds is 12. The Kier molecular flexibility index (Phi) is 16.4. The van der Waals surface area contributed by atoms with Gasteiger partial charge in [-0.1, -0.05) is 12.1 Å². The summed E-state index contributed by atoms with van der Waals surface area (Å²) in [5.74, 6) is -5.00. The summed E-state index contributed by atoms with van der Waals surface area (Å²) < 4.78 is 24.3. The second-order valence-electron chi connectivity index (χ2n) is 9.23. The van der Waals surface area contributed by atoms with E-state index in [0.717, 1.165) is 18.7 Å². The number of nitrogens with zero attached hydrogens (tertiary/aromatic N) is 1. The van der Waals surface area contributed by atoms with E-state index in [4.69, 9.17) is 35.6 Å². The second-order valence-corrected chi connectivity index (χ2v) is 9.23. The Morgan fingerprint density at radius 3 is 2.21 bits per heavy atom. The van der Waals surface area contributed by atoms with Crippen LogP contribution in [0.5, 0.6) is 5.75 Å². The molecule has 15 nitrogen and oxygen atoms in total. The van der Waals surface area contributed by atoms with Gasteiger partial charge in [0.05, 0.1) is 37.7 Å². The molecule has 240 valence electrons. The largest absolute Gasteiger partial charge is 0.493 e. The van der Waals surface area contributed by atoms with Crippen LogP contribution in [0, 0.1) is 5.82 Å². The first-order chi connectivity index (χ1) is 19.3. The Morgan fingerprint density at radius 1 is 1.07 bits per heavy atom. The highest BCUT2D eigenvalue weighted by atomic mass is 19.1. The van der Waals surface area contributed by atoms with Crippen molar-refractivity contribution in [3.05, 3.63) is 59.4 Å². The number of anilines is 1. The highest BCUT2D eigenvalue weighted by Crippen LogP contribution is 2.22. The van der Waals surface area contributed by atoms with E-state index >= 15 is 0 Å². The minimum absolute atomic E-state index is 0. The topological polar surface area (TPSA) is 272 Å². The fourth-order valence-electron chi connectivity index (χ4n) is 3.91. The highest BCUT2D eigenvalue weighted by molar-refractivity contribution is 5.97. The van der Waals surface area contributed by atoms with Crippen LogP contribution in [0.4, 0.5) is 10.1 Å². The minimum Gasteiger partial charge on any atom is -0.493 e. The number of benzene rings is 2. The van der Waals surface area contributed by atoms with E-state index in [0.29, 0.717) is 43.3 Å². The van der Waals surface area contributed by atoms with Gasteiger partial charge in [0.1, 0.15) is 11.6 Å². The molecule has 1 aliphatic rings. The molecule has 1 heterocycles. The lowest BCUT2D eigenvalue weighted by atomic mass is 9.96. The molecule has 3 rings (SSSR count). The van der Waals surface area contributed by atoms with Gasteiger partial charge in [-0.3, -0.25) is 19.3 Å². The summed E-state index contributed by atoms with van der Waals surface area (Å²) in [5, 5.41) is 36.7. The predicted octanol–water partition coefficient (Wildman–Crippen LogP) is -0.460. The van der Waals surface area contributed by atoms with Crippen molar-refractivity contribution in [2.24, 2.45) is 0 Å². The van der Waals surface area contributed by atoms with Gasteiger partial charge in [0, 0.05) is 37.9 Å². The van der Waals surface area contributed by atoms with Gasteiger partial charge < -0.3 is 51.9 Å². The molecule has 16 heteroatoms. The maximum Gasteiger partial charge on any atom is 0.336 e. The van der Waals surface area contributed by atoms with Crippen molar-refractivity contribution in [3.63, 3.8) is 0 Å². The predicted molar refractivity (Wildman–Crippen MR) is 150 cm³/mol. The number of aliphatic hydroxyl groups is 1. The molecule has 2 aromatic rings. The lowest BCUT2D eigenvalue weighted by molar-refractivity contribution is -0.170. The van der Waals surface area contributed by atoms with Crippen molar-refractivity contribution < 1.29 is 64.4 Å². The van der Waals surface area contributed by atoms with Gasteiger partial charge in [0.2, 0.25) is 0 Å². The first kappa shape index (κ1) is 38.6. The Morgan fingerprint density at radius 2 is 1.67 bits per heavy atom. The van der Waals surface area contributed by atoms with Crippen molar-refractivity contribution in [2.75, 3.05) is 38.6 Å². The van der Waals surface area contributed by atoms with Crippen LogP contribution < -0.4 is 15.8 Å². The monoisotopic (exact) mass is 615 g/mol. The number of ether oxygens (including phenoxy) is 2. The first-order valence-electron chi connectivity index (χ1n) is 12.6. The summed E-state index contributed by atoms with van der Waals surface area (Å²) in [6.45, 7) is 5.51. The minimum atomic E-state index is -2.74. The Bertz CT molecular complexity index is 1200. The Hall–Kier alpha value is -4.35. The van der Waals surface area contributed by atoms with Gasteiger partial charge in [-0.2, -0.15) is 0 Å². The van der Waals surface area contributed by atoms with Crippen molar-refractivity contribution in [3.8, 4) is 5.75 Å². The maximum atomic E-state index is 13.1. The molecule has 2 aromatic carbocycles. The molecule has 0 aromatic heterocycles. The smallest absolute Gasteiger partial charge is 0.336 e. The van der Waals surface area contributed by atoms with Crippen LogP contribution >= 0.6 is 0 Å². The van der Waals surface area contributed by atoms with Crippen LogP contribution in [0.2, 0.25) is 0 Å². The average molecular weight is 616 g/mol. The number of amides is 1. The SMILES string of the molecule is CCOc1cc(N)ccc1C(=O)NCC1CN(Cc2ccc(F)cc2)CCO1.O.O.O=C(O)CC(O)(CC(=O)O)C(=O)O. The van der Waals surface area contributed by atoms with E-state index in [-0.39, 0.29) is 28.8 Å². The normalized spacial score (nSPS) is 14.5. The Labute approximate surface area is 246 Å². The zero-order valence-electron chi connectivity index (χ0n) is 23.4. The van der Waals surface area contributed by atoms with Crippen LogP contribution in [0.3, 0.4) is 0 Å². The third-order valence-corrected chi connectivity index (χ3v) is 5.87. The molecule has 1 fully saturated rings. The summed E-state index contributed by atoms with van der Waals surface area (Å²) in [6.07, 6.45) is -2.40. The van der Waals surface area contributed by atoms with Gasteiger partial charge in [-0.05, 0) is 36.8 Å². The molecule has 1 saturated heterocycles. The van der Waals surface area contributed by atoms with Gasteiger partial charge in [0.25, 0.3) is 5.91 Å². The molecule has 0 spiro atoms. The molecule has 0 saturated carbocycles. The lowest BCUT2D eigenvalue weighted by Gasteiger charge is -2.33. The maximum absolute atomic E-state index is 13.1. The molecule has 11 N–H and O–H groups in total. The fourth-order valence-corrected chi connectivity index (χ4v) is 3.91. The number of nitrogen functional groups attached to an aromatic ring is 1. The zero-order valence-corrected chi connectivity index (χ0v) is 23.4. The quantitative estimate of drug-likeness (QED) is 0.166. The number of nitrogens with one attached hydrogen (secondary N) is 1. The number of morpholine rings is 1. The van der Waals surface area contributed by atoms with Crippen molar-refractivity contribution in [1.29, 1.82) is 0 Å². The van der Waals surface area contributed by atoms with Crippen LogP contribution in [-0.2, 0) is 25.7 Å². The number of nitrogens with two attached hydrogens (primary N) is 1. The van der Waals surface area contributed by atoms with E-state index in [1.54, 1.807) is 30.3 Å². The summed E-state index contributed by atoms with van der Waals surface area (Å²) in [4.78, 5) is 45.3. The number of carbonyl (C=O) groups excluding carboxylic acids is 1. The van der Waals surface area contributed by atoms with Crippen LogP contribution in [0.25, 0.3) is 0 Å². The molecule has 0 radical (unpaired) electrons. The van der Waals surface area contributed by atoms with Gasteiger partial charge in [0.15, 0.2) is 5.60 Å². The number of hydrogen-bond donors (Lipinski definition) is 6. The number of carboxylic acid groups (broad SMARTS) is 3. The summed E-state index contributed by atoms with van der Waals surface area (Å²) >= 11 is 0. The molecule has 1 unspecified atom stereocenters. The molecule has 1 aliphatic heterocycles. The summed E-state index contributed by atoms with van der Waals surface area (Å²) in [6, 6.07) is 11.5. The van der Waals surface area contributed by atoms with Crippen molar-refractivity contribution in [2.45, 2.75) is 38.0 Å². The lowest BCUT2D eigenvalue weighted by Crippen LogP contribution is -2.47. The first-order valence-corrected chi connectivity index (χ1v) is 12.6. The molecule has 0 aliphatic carbocycles. The molecule has 1 amide bonds. The summed E-state index contributed by atoms with van der Waals surface area (Å²) in [5.41, 5.74) is 5.09. The molecule has 1 atom stereocenters. The third kappa shape index (κ3) is 13.0. The van der Waals surface area contributed by atoms with Gasteiger partial charge in [-0.25, -0.2) is 9.18 Å². The van der Waals surface area contributed by atoms with Crippen molar-refractivity contribution >= 4 is 29.5 Å². The number of carbonyl (C=O) groups is 4. The average Bonchev–Trinajstić information content (AvgIpc) is 2.88. The van der Waals surface area contributed by atoms with Crippen molar-refractivity contribution in [1.82, 2.24) is 10.2 Å². The molecule has 43 heavy (non-hydrogen) atoms. The second kappa shape index (κ2) is 18.2. The van der Waals surface area contributed by atoms with Crippen LogP contribution in [-0.4, -0.2) is 105 Å². The Balaban J connectivity index is 0.00000101. The van der Waals surface area contributed by atoms with Crippen LogP contribution in [0.15, 0.2) is 42.5 Å². The zero-order chi connectivity index (χ0) is 30.6. The van der Waals surface area contributed by atoms with Crippen LogP contribution in [0.1, 0.15) is 35.7 Å². The molecular weight excluding hydrogens is 577 g/mol. The molecule has 0 bridgehead atoms. The number of carboxylic acids is 3. The fraction of sp³-hybridized carbons (Fsp3) is 0.407. The van der Waals surface area contributed by atoms with Gasteiger partial charge >= 0.3 is 17.9 Å². The van der Waals surface area contributed by atoms with E-state index in [1.807, 2.05) is 6.92 Å². The number of hydrogen-bond acceptors (Lipinski definition) is 9.